The van der Waals surface area contributed by atoms with Crippen molar-refractivity contribution < 1.29 is 14.4 Å². The topological polar surface area (TPSA) is 66.5 Å². The predicted molar refractivity (Wildman–Crippen MR) is 132 cm³/mol. The average Bonchev–Trinajstić information content (AvgIpc) is 3.32. The molecular weight excluding hydrogens is 424 g/mol. The number of carbonyl (C=O) groups excluding carboxylic acids is 3. The lowest BCUT2D eigenvalue weighted by Crippen LogP contribution is -2.51. The van der Waals surface area contributed by atoms with Gasteiger partial charge in [-0.05, 0) is 37.1 Å². The van der Waals surface area contributed by atoms with Crippen LogP contribution in [-0.4, -0.2) is 29.6 Å². The summed E-state index contributed by atoms with van der Waals surface area (Å²) in [6.45, 7) is 3.55. The summed E-state index contributed by atoms with van der Waals surface area (Å²) in [5, 5.41) is 3.04. The maximum Gasteiger partial charge on any atom is 0.238 e. The first-order valence-electron chi connectivity index (χ1n) is 11.5. The van der Waals surface area contributed by atoms with Crippen LogP contribution in [0, 0.1) is 5.92 Å². The largest absolute Gasteiger partial charge is 0.352 e. The summed E-state index contributed by atoms with van der Waals surface area (Å²) in [5.41, 5.74) is 3.68. The lowest BCUT2D eigenvalue weighted by Gasteiger charge is -2.39. The summed E-state index contributed by atoms with van der Waals surface area (Å²) in [6, 6.07) is 23.2. The van der Waals surface area contributed by atoms with E-state index in [0.717, 1.165) is 22.4 Å². The number of fused-ring (bicyclic) bond motifs is 6. The number of para-hydroxylation sites is 2. The zero-order chi connectivity index (χ0) is 23.6. The molecule has 0 bridgehead atoms. The highest BCUT2D eigenvalue weighted by atomic mass is 16.2. The molecule has 1 fully saturated rings. The molecule has 0 unspecified atom stereocenters. The highest BCUT2D eigenvalue weighted by Gasteiger charge is 2.70. The van der Waals surface area contributed by atoms with Gasteiger partial charge in [-0.1, -0.05) is 72.8 Å². The number of hydrogen-bond donors (Lipinski definition) is 1. The van der Waals surface area contributed by atoms with Gasteiger partial charge >= 0.3 is 0 Å². The molecule has 1 spiro atoms. The molecule has 1 N–H and O–H groups in total. The van der Waals surface area contributed by atoms with Crippen LogP contribution in [0.2, 0.25) is 0 Å². The number of allylic oxidation sites excluding steroid dienone is 1. The van der Waals surface area contributed by atoms with E-state index < -0.39 is 23.4 Å². The molecule has 168 valence electrons. The summed E-state index contributed by atoms with van der Waals surface area (Å²) in [5.74, 6) is -1.43. The second-order valence-electron chi connectivity index (χ2n) is 9.35. The van der Waals surface area contributed by atoms with Crippen LogP contribution in [0.15, 0.2) is 84.9 Å². The Balaban J connectivity index is 1.69. The fourth-order valence-corrected chi connectivity index (χ4v) is 6.32. The maximum absolute atomic E-state index is 14.2. The van der Waals surface area contributed by atoms with Gasteiger partial charge in [-0.15, -0.1) is 0 Å². The summed E-state index contributed by atoms with van der Waals surface area (Å²) in [4.78, 5) is 43.6. The van der Waals surface area contributed by atoms with Gasteiger partial charge in [0, 0.05) is 22.5 Å². The number of ketones is 2. The number of nitrogens with zero attached hydrogens (tertiary/aromatic N) is 1. The Hall–Kier alpha value is -3.99. The molecule has 34 heavy (non-hydrogen) atoms. The third-order valence-corrected chi connectivity index (χ3v) is 7.64. The van der Waals surface area contributed by atoms with E-state index in [1.807, 2.05) is 78.6 Å². The molecule has 5 nitrogen and oxygen atoms in total. The van der Waals surface area contributed by atoms with Crippen LogP contribution in [0.3, 0.4) is 0 Å². The van der Waals surface area contributed by atoms with Gasteiger partial charge in [0.05, 0.1) is 18.0 Å². The predicted octanol–water partition coefficient (Wildman–Crippen LogP) is 4.64. The van der Waals surface area contributed by atoms with Crippen molar-refractivity contribution in [1.29, 1.82) is 0 Å². The Morgan fingerprint density at radius 2 is 1.59 bits per heavy atom. The number of Topliss-reactive ketones (excluding diaryl/α,β-unsaturated/α-hetero) is 2. The molecule has 1 saturated heterocycles. The van der Waals surface area contributed by atoms with E-state index in [4.69, 9.17) is 0 Å². The third kappa shape index (κ3) is 2.52. The van der Waals surface area contributed by atoms with E-state index in [1.54, 1.807) is 12.1 Å². The Bertz CT molecular complexity index is 1390. The van der Waals surface area contributed by atoms with Crippen molar-refractivity contribution in [3.63, 3.8) is 0 Å². The Labute approximate surface area is 198 Å². The van der Waals surface area contributed by atoms with E-state index in [9.17, 15) is 14.4 Å². The SMILES string of the molecule is CC(=O)[C@H]1[C@@H](C(=O)c2ccccc2)[C@@]2(C(=O)Nc3ccccc32)[C@@H]2C=C(C)c3ccccc3N21. The molecule has 3 aromatic carbocycles. The van der Waals surface area contributed by atoms with Crippen molar-refractivity contribution in [1.82, 2.24) is 0 Å². The first-order valence-corrected chi connectivity index (χ1v) is 11.5. The van der Waals surface area contributed by atoms with Gasteiger partial charge in [0.15, 0.2) is 11.6 Å². The third-order valence-electron chi connectivity index (χ3n) is 7.64. The van der Waals surface area contributed by atoms with Crippen LogP contribution in [-0.2, 0) is 15.0 Å². The van der Waals surface area contributed by atoms with E-state index in [0.29, 0.717) is 11.3 Å². The van der Waals surface area contributed by atoms with Crippen LogP contribution in [0.4, 0.5) is 11.4 Å². The molecule has 3 heterocycles. The maximum atomic E-state index is 14.2. The molecule has 3 aliphatic rings. The van der Waals surface area contributed by atoms with Crippen molar-refractivity contribution in [3.05, 3.63) is 102 Å². The molecule has 4 atom stereocenters. The minimum absolute atomic E-state index is 0.129. The zero-order valence-electron chi connectivity index (χ0n) is 19.0. The number of carbonyl (C=O) groups is 3. The Kier molecular flexibility index (Phi) is 4.40. The molecule has 3 aromatic rings. The number of amides is 1. The van der Waals surface area contributed by atoms with Crippen LogP contribution >= 0.6 is 0 Å². The standard InChI is InChI=1S/C29H24N2O3/c1-17-16-24-29(21-13-7-8-14-22(21)30-28(29)34)25(27(33)19-10-4-3-5-11-19)26(18(2)32)31(24)23-15-9-6-12-20(17)23/h3-16,24-26H,1-2H3,(H,30,34)/t24-,25-,26-,29-/m0/s1. The fraction of sp³-hybridized carbons (Fsp3) is 0.207. The molecular formula is C29H24N2O3. The number of rotatable bonds is 3. The quantitative estimate of drug-likeness (QED) is 0.593. The van der Waals surface area contributed by atoms with Crippen molar-refractivity contribution in [2.75, 3.05) is 10.2 Å². The van der Waals surface area contributed by atoms with Gasteiger partial charge in [0.2, 0.25) is 5.91 Å². The van der Waals surface area contributed by atoms with Gasteiger partial charge in [-0.25, -0.2) is 0 Å². The second kappa shape index (κ2) is 7.26. The summed E-state index contributed by atoms with van der Waals surface area (Å²) in [6.07, 6.45) is 2.07. The number of benzene rings is 3. The van der Waals surface area contributed by atoms with Gasteiger partial charge in [0.1, 0.15) is 5.41 Å². The van der Waals surface area contributed by atoms with Crippen LogP contribution in [0.25, 0.3) is 5.57 Å². The number of hydrogen-bond acceptors (Lipinski definition) is 4. The van der Waals surface area contributed by atoms with Gasteiger partial charge < -0.3 is 10.2 Å². The molecule has 0 aromatic heterocycles. The highest BCUT2D eigenvalue weighted by molar-refractivity contribution is 6.16. The lowest BCUT2D eigenvalue weighted by atomic mass is 9.64. The minimum Gasteiger partial charge on any atom is -0.352 e. The minimum atomic E-state index is -1.23. The van der Waals surface area contributed by atoms with Gasteiger partial charge in [-0.3, -0.25) is 14.4 Å². The van der Waals surface area contributed by atoms with Gasteiger partial charge in [-0.2, -0.15) is 0 Å². The first-order chi connectivity index (χ1) is 16.5. The average molecular weight is 449 g/mol. The number of nitrogens with one attached hydrogen (secondary N) is 1. The summed E-state index contributed by atoms with van der Waals surface area (Å²) < 4.78 is 0. The van der Waals surface area contributed by atoms with Crippen molar-refractivity contribution in [2.24, 2.45) is 5.92 Å². The molecule has 1 amide bonds. The van der Waals surface area contributed by atoms with E-state index in [1.165, 1.54) is 6.92 Å². The number of anilines is 2. The fourth-order valence-electron chi connectivity index (χ4n) is 6.32. The highest BCUT2D eigenvalue weighted by Crippen LogP contribution is 2.58. The molecule has 5 heteroatoms. The van der Waals surface area contributed by atoms with Crippen LogP contribution in [0.5, 0.6) is 0 Å². The normalized spacial score (nSPS) is 26.4. The Morgan fingerprint density at radius 3 is 2.35 bits per heavy atom. The van der Waals surface area contributed by atoms with Crippen molar-refractivity contribution >= 4 is 34.4 Å². The lowest BCUT2D eigenvalue weighted by molar-refractivity contribution is -0.122. The zero-order valence-corrected chi connectivity index (χ0v) is 19.0. The molecule has 6 rings (SSSR count). The van der Waals surface area contributed by atoms with Crippen LogP contribution < -0.4 is 10.2 Å². The first kappa shape index (κ1) is 20.6. The monoisotopic (exact) mass is 448 g/mol. The summed E-state index contributed by atoms with van der Waals surface area (Å²) in [7, 11) is 0. The molecule has 0 radical (unpaired) electrons. The van der Waals surface area contributed by atoms with E-state index >= 15 is 0 Å². The van der Waals surface area contributed by atoms with Gasteiger partial charge in [0.25, 0.3) is 0 Å². The van der Waals surface area contributed by atoms with Crippen molar-refractivity contribution in [3.8, 4) is 0 Å². The van der Waals surface area contributed by atoms with E-state index in [2.05, 4.69) is 11.4 Å². The molecule has 3 aliphatic heterocycles. The second-order valence-corrected chi connectivity index (χ2v) is 9.35. The summed E-state index contributed by atoms with van der Waals surface area (Å²) >= 11 is 0. The van der Waals surface area contributed by atoms with Crippen LogP contribution in [0.1, 0.15) is 35.3 Å². The Morgan fingerprint density at radius 1 is 0.912 bits per heavy atom. The molecule has 0 aliphatic carbocycles. The smallest absolute Gasteiger partial charge is 0.238 e. The van der Waals surface area contributed by atoms with Crippen molar-refractivity contribution in [2.45, 2.75) is 31.3 Å². The van der Waals surface area contributed by atoms with E-state index in [-0.39, 0.29) is 17.5 Å². The molecule has 0 saturated carbocycles.